The third kappa shape index (κ3) is 3.64. The molecule has 0 spiro atoms. The minimum Gasteiger partial charge on any atom is -0.508 e. The van der Waals surface area contributed by atoms with Crippen molar-refractivity contribution < 1.29 is 15.0 Å². The molecule has 0 atom stereocenters. The van der Waals surface area contributed by atoms with Crippen molar-refractivity contribution in [1.29, 1.82) is 0 Å². The van der Waals surface area contributed by atoms with Crippen LogP contribution in [0.2, 0.25) is 0 Å². The fraction of sp³-hybridized carbons (Fsp3) is 0. The summed E-state index contributed by atoms with van der Waals surface area (Å²) in [5, 5.41) is 23.8. The number of rotatable bonds is 3. The van der Waals surface area contributed by atoms with Crippen LogP contribution in [0.15, 0.2) is 58.5 Å². The van der Waals surface area contributed by atoms with Gasteiger partial charge < -0.3 is 10.2 Å². The van der Waals surface area contributed by atoms with E-state index >= 15 is 0 Å². The van der Waals surface area contributed by atoms with Crippen LogP contribution in [0.3, 0.4) is 0 Å². The van der Waals surface area contributed by atoms with E-state index in [-0.39, 0.29) is 17.4 Å². The summed E-state index contributed by atoms with van der Waals surface area (Å²) in [6, 6.07) is 13.0. The smallest absolute Gasteiger partial charge is 0.286 e. The number of hydrogen-bond donors (Lipinski definition) is 2. The minimum absolute atomic E-state index is 0.162. The fourth-order valence-corrected chi connectivity index (χ4v) is 3.14. The number of hydrogen-bond acceptors (Lipinski definition) is 6. The first kappa shape index (κ1) is 16.2. The fourth-order valence-electron chi connectivity index (χ4n) is 1.97. The number of carbonyl (C=O) groups excluding carboxylic acids is 1. The molecule has 3 rings (SSSR count). The molecule has 0 aliphatic carbocycles. The summed E-state index contributed by atoms with van der Waals surface area (Å²) in [6.45, 7) is 0. The third-order valence-electron chi connectivity index (χ3n) is 3.18. The summed E-state index contributed by atoms with van der Waals surface area (Å²) >= 11 is 6.37. The molecule has 24 heavy (non-hydrogen) atoms. The maximum atomic E-state index is 12.4. The van der Waals surface area contributed by atoms with Gasteiger partial charge in [0.15, 0.2) is 4.32 Å². The lowest BCUT2D eigenvalue weighted by molar-refractivity contribution is -0.122. The molecular formula is C17H12N2O3S2. The second-order valence-electron chi connectivity index (χ2n) is 4.92. The quantitative estimate of drug-likeness (QED) is 0.501. The summed E-state index contributed by atoms with van der Waals surface area (Å²) < 4.78 is 0.347. The predicted molar refractivity (Wildman–Crippen MR) is 98.8 cm³/mol. The highest BCUT2D eigenvalue weighted by Crippen LogP contribution is 2.32. The summed E-state index contributed by atoms with van der Waals surface area (Å²) in [5.74, 6) is 0.0286. The predicted octanol–water partition coefficient (Wildman–Crippen LogP) is 3.33. The molecule has 0 radical (unpaired) electrons. The summed E-state index contributed by atoms with van der Waals surface area (Å²) in [7, 11) is 0. The van der Waals surface area contributed by atoms with Crippen molar-refractivity contribution >= 4 is 46.5 Å². The SMILES string of the molecule is O=C1C(=Cc2ccc(O)cc2)SC(=S)N1N=Cc1ccc(O)cc1. The molecule has 1 aliphatic heterocycles. The molecule has 2 aromatic carbocycles. The van der Waals surface area contributed by atoms with Gasteiger partial charge in [0.25, 0.3) is 5.91 Å². The van der Waals surface area contributed by atoms with Crippen molar-refractivity contribution in [1.82, 2.24) is 5.01 Å². The van der Waals surface area contributed by atoms with E-state index in [1.165, 1.54) is 35.1 Å². The van der Waals surface area contributed by atoms with Gasteiger partial charge in [-0.1, -0.05) is 23.9 Å². The van der Waals surface area contributed by atoms with Crippen LogP contribution in [-0.2, 0) is 4.79 Å². The first-order chi connectivity index (χ1) is 11.5. The Labute approximate surface area is 147 Å². The van der Waals surface area contributed by atoms with Crippen LogP contribution in [0.4, 0.5) is 0 Å². The van der Waals surface area contributed by atoms with Crippen molar-refractivity contribution in [3.05, 3.63) is 64.6 Å². The number of aromatic hydroxyl groups is 2. The average molecular weight is 356 g/mol. The van der Waals surface area contributed by atoms with Crippen LogP contribution in [0.5, 0.6) is 11.5 Å². The van der Waals surface area contributed by atoms with Gasteiger partial charge in [-0.05, 0) is 65.8 Å². The number of carbonyl (C=O) groups is 1. The van der Waals surface area contributed by atoms with E-state index in [9.17, 15) is 15.0 Å². The standard InChI is InChI=1S/C17H12N2O3S2/c20-13-5-1-11(2-6-13)9-15-16(22)19(17(23)24-15)18-10-12-3-7-14(21)8-4-12/h1-10,20-21H. The van der Waals surface area contributed by atoms with Gasteiger partial charge in [-0.25, -0.2) is 0 Å². The topological polar surface area (TPSA) is 73.1 Å². The van der Waals surface area contributed by atoms with E-state index in [2.05, 4.69) is 5.10 Å². The summed E-state index contributed by atoms with van der Waals surface area (Å²) in [5.41, 5.74) is 1.53. The third-order valence-corrected chi connectivity index (χ3v) is 4.46. The van der Waals surface area contributed by atoms with E-state index in [0.29, 0.717) is 9.23 Å². The Morgan fingerprint density at radius 2 is 1.50 bits per heavy atom. The largest absolute Gasteiger partial charge is 0.508 e. The molecule has 1 heterocycles. The van der Waals surface area contributed by atoms with Gasteiger partial charge in [-0.2, -0.15) is 10.1 Å². The molecule has 5 nitrogen and oxygen atoms in total. The number of phenols is 2. The Kier molecular flexibility index (Phi) is 4.64. The molecule has 1 fully saturated rings. The van der Waals surface area contributed by atoms with Crippen molar-refractivity contribution in [2.45, 2.75) is 0 Å². The van der Waals surface area contributed by atoms with Gasteiger partial charge in [0, 0.05) is 0 Å². The molecule has 2 aromatic rings. The normalized spacial score (nSPS) is 16.5. The Hall–Kier alpha value is -2.64. The zero-order valence-electron chi connectivity index (χ0n) is 12.3. The number of benzene rings is 2. The first-order valence-corrected chi connectivity index (χ1v) is 8.15. The van der Waals surface area contributed by atoms with E-state index < -0.39 is 0 Å². The van der Waals surface area contributed by atoms with Crippen molar-refractivity contribution in [3.8, 4) is 11.5 Å². The molecule has 7 heteroatoms. The number of nitrogens with zero attached hydrogens (tertiary/aromatic N) is 2. The monoisotopic (exact) mass is 356 g/mol. The van der Waals surface area contributed by atoms with Crippen molar-refractivity contribution in [3.63, 3.8) is 0 Å². The molecule has 1 saturated heterocycles. The average Bonchev–Trinajstić information content (AvgIpc) is 2.83. The highest BCUT2D eigenvalue weighted by Gasteiger charge is 2.31. The van der Waals surface area contributed by atoms with E-state index in [1.807, 2.05) is 0 Å². The summed E-state index contributed by atoms with van der Waals surface area (Å²) in [6.07, 6.45) is 3.21. The van der Waals surface area contributed by atoms with Crippen LogP contribution >= 0.6 is 24.0 Å². The van der Waals surface area contributed by atoms with Crippen LogP contribution in [0, 0.1) is 0 Å². The summed E-state index contributed by atoms with van der Waals surface area (Å²) in [4.78, 5) is 12.9. The lowest BCUT2D eigenvalue weighted by Gasteiger charge is -2.06. The highest BCUT2D eigenvalue weighted by molar-refractivity contribution is 8.26. The molecule has 0 saturated carbocycles. The van der Waals surface area contributed by atoms with E-state index in [4.69, 9.17) is 12.2 Å². The van der Waals surface area contributed by atoms with Crippen LogP contribution in [-0.4, -0.2) is 31.7 Å². The van der Waals surface area contributed by atoms with Crippen molar-refractivity contribution in [2.75, 3.05) is 0 Å². The van der Waals surface area contributed by atoms with E-state index in [0.717, 1.165) is 11.1 Å². The van der Waals surface area contributed by atoms with Gasteiger partial charge in [-0.15, -0.1) is 0 Å². The molecule has 1 amide bonds. The van der Waals surface area contributed by atoms with Crippen LogP contribution in [0.1, 0.15) is 11.1 Å². The molecule has 1 aliphatic rings. The highest BCUT2D eigenvalue weighted by atomic mass is 32.2. The molecule has 0 bridgehead atoms. The minimum atomic E-state index is -0.298. The Balaban J connectivity index is 1.78. The molecule has 2 N–H and O–H groups in total. The van der Waals surface area contributed by atoms with Gasteiger partial charge in [0.1, 0.15) is 11.5 Å². The molecule has 0 aromatic heterocycles. The number of thiocarbonyl (C=S) groups is 1. The Morgan fingerprint density at radius 3 is 2.08 bits per heavy atom. The molecule has 0 unspecified atom stereocenters. The number of amides is 1. The maximum absolute atomic E-state index is 12.4. The van der Waals surface area contributed by atoms with E-state index in [1.54, 1.807) is 42.5 Å². The second-order valence-corrected chi connectivity index (χ2v) is 6.60. The second kappa shape index (κ2) is 6.86. The van der Waals surface area contributed by atoms with Gasteiger partial charge in [0.05, 0.1) is 11.1 Å². The van der Waals surface area contributed by atoms with Gasteiger partial charge >= 0.3 is 0 Å². The maximum Gasteiger partial charge on any atom is 0.286 e. The van der Waals surface area contributed by atoms with Gasteiger partial charge in [-0.3, -0.25) is 4.79 Å². The Morgan fingerprint density at radius 1 is 0.958 bits per heavy atom. The molecular weight excluding hydrogens is 344 g/mol. The van der Waals surface area contributed by atoms with Crippen LogP contribution in [0.25, 0.3) is 6.08 Å². The van der Waals surface area contributed by atoms with Crippen LogP contribution < -0.4 is 0 Å². The lowest BCUT2D eigenvalue weighted by atomic mass is 10.2. The number of phenolic OH excluding ortho intramolecular Hbond substituents is 2. The molecule has 120 valence electrons. The number of hydrazone groups is 1. The zero-order valence-corrected chi connectivity index (χ0v) is 13.9. The number of thioether (sulfide) groups is 1. The van der Waals surface area contributed by atoms with Gasteiger partial charge in [0.2, 0.25) is 0 Å². The van der Waals surface area contributed by atoms with Crippen molar-refractivity contribution in [2.24, 2.45) is 5.10 Å². The lowest BCUT2D eigenvalue weighted by Crippen LogP contribution is -2.22. The Bertz CT molecular complexity index is 843. The first-order valence-electron chi connectivity index (χ1n) is 6.93. The zero-order chi connectivity index (χ0) is 17.1.